The Labute approximate surface area is 358 Å². The van der Waals surface area contributed by atoms with Crippen LogP contribution in [0.15, 0.2) is 101 Å². The zero-order chi connectivity index (χ0) is 43.3. The van der Waals surface area contributed by atoms with Crippen LogP contribution in [0.5, 0.6) is 17.2 Å². The predicted molar refractivity (Wildman–Crippen MR) is 227 cm³/mol. The number of aldehydes is 1. The van der Waals surface area contributed by atoms with E-state index < -0.39 is 47.1 Å². The summed E-state index contributed by atoms with van der Waals surface area (Å²) in [6.45, 7) is 0.912. The Morgan fingerprint density at radius 3 is 2.22 bits per heavy atom. The number of carbonyl (C=O) groups excluding carboxylic acids is 3. The molecule has 1 unspecified atom stereocenters. The van der Waals surface area contributed by atoms with Gasteiger partial charge in [-0.05, 0) is 131 Å². The Balaban J connectivity index is 0.000000408. The first-order valence-corrected chi connectivity index (χ1v) is 21.2. The van der Waals surface area contributed by atoms with E-state index in [2.05, 4.69) is 9.68 Å². The molecule has 0 fully saturated rings. The lowest BCUT2D eigenvalue weighted by atomic mass is 10.0. The summed E-state index contributed by atoms with van der Waals surface area (Å²) >= 11 is 6.70. The van der Waals surface area contributed by atoms with Gasteiger partial charge >= 0.3 is 11.9 Å². The highest BCUT2D eigenvalue weighted by atomic mass is 32.9. The van der Waals surface area contributed by atoms with Crippen LogP contribution in [-0.2, 0) is 19.3 Å². The van der Waals surface area contributed by atoms with E-state index in [0.717, 1.165) is 48.9 Å². The quantitative estimate of drug-likeness (QED) is 0.0133. The molecule has 1 atom stereocenters. The molecule has 14 nitrogen and oxygen atoms in total. The maximum Gasteiger partial charge on any atom is 0.315 e. The van der Waals surface area contributed by atoms with Crippen molar-refractivity contribution in [1.29, 1.82) is 0 Å². The number of hydrogen-bond donors (Lipinski definition) is 0. The van der Waals surface area contributed by atoms with Gasteiger partial charge in [0.2, 0.25) is 0 Å². The predicted octanol–water partition coefficient (Wildman–Crippen LogP) is 9.98. The number of halogens is 1. The van der Waals surface area contributed by atoms with Gasteiger partial charge in [-0.3, -0.25) is 14.4 Å². The van der Waals surface area contributed by atoms with E-state index in [0.29, 0.717) is 17.4 Å². The summed E-state index contributed by atoms with van der Waals surface area (Å²) in [7, 11) is 5.02. The second-order valence-corrected chi connectivity index (χ2v) is 16.3. The molecule has 1 aromatic heterocycles. The van der Waals surface area contributed by atoms with Crippen molar-refractivity contribution >= 4 is 80.1 Å². The van der Waals surface area contributed by atoms with Gasteiger partial charge in [0.1, 0.15) is 39.6 Å². The summed E-state index contributed by atoms with van der Waals surface area (Å²) in [5.74, 6) is -1.74. The number of methoxy groups -OCH3 is 1. The standard InChI is InChI=1S/C31H25FN2O11S.C10H8OS3/c1-18-26(11-19-3-7-24(46-2)8-4-19)25-9-5-21(32)13-28(25)27(18)15-31(37)43-22-6-10-29(20(12-22)16-35)44-30(36)14-23(45-34(40)41)17-42-33(38)39;1-11-8-4-2-7(3-5-8)9-6-10(12)14-13-9/h3-13,16,23H,14-15,17H2,1-2H3;2-6H,1H3/b26-11-;. The number of rotatable bonds is 16. The smallest absolute Gasteiger partial charge is 0.315 e. The molecule has 1 heterocycles. The van der Waals surface area contributed by atoms with Crippen molar-refractivity contribution in [2.24, 2.45) is 0 Å². The Kier molecular flexibility index (Phi) is 15.8. The molecule has 0 saturated heterocycles. The summed E-state index contributed by atoms with van der Waals surface area (Å²) in [5.41, 5.74) is 5.42. The van der Waals surface area contributed by atoms with Gasteiger partial charge in [-0.1, -0.05) is 51.1 Å². The van der Waals surface area contributed by atoms with Gasteiger partial charge in [0.15, 0.2) is 6.29 Å². The molecule has 60 heavy (non-hydrogen) atoms. The first kappa shape index (κ1) is 44.8. The summed E-state index contributed by atoms with van der Waals surface area (Å²) < 4.78 is 30.9. The average Bonchev–Trinajstić information content (AvgIpc) is 3.77. The molecule has 1 aliphatic carbocycles. The summed E-state index contributed by atoms with van der Waals surface area (Å²) in [4.78, 5) is 68.6. The number of allylic oxidation sites excluding steroid dienone is 2. The van der Waals surface area contributed by atoms with Crippen LogP contribution in [0.1, 0.15) is 46.8 Å². The van der Waals surface area contributed by atoms with E-state index in [1.165, 1.54) is 28.6 Å². The molecule has 0 saturated carbocycles. The number of nitrogens with zero attached hydrogens (tertiary/aromatic N) is 2. The van der Waals surface area contributed by atoms with Crippen molar-refractivity contribution in [3.05, 3.63) is 149 Å². The third-order valence-corrected chi connectivity index (χ3v) is 12.3. The molecule has 1 aliphatic rings. The van der Waals surface area contributed by atoms with Crippen LogP contribution in [-0.4, -0.2) is 54.5 Å². The topological polar surface area (TPSA) is 184 Å². The van der Waals surface area contributed by atoms with Gasteiger partial charge in [-0.25, -0.2) is 4.39 Å². The summed E-state index contributed by atoms with van der Waals surface area (Å²) in [6, 6.07) is 25.9. The van der Waals surface area contributed by atoms with E-state index in [4.69, 9.17) is 26.4 Å². The number of benzene rings is 4. The molecule has 0 N–H and O–H groups in total. The Morgan fingerprint density at radius 1 is 0.883 bits per heavy atom. The molecular weight excluding hydrogens is 860 g/mol. The highest BCUT2D eigenvalue weighted by molar-refractivity contribution is 7.98. The van der Waals surface area contributed by atoms with Gasteiger partial charge in [0.25, 0.3) is 10.2 Å². The molecule has 0 amide bonds. The fourth-order valence-electron chi connectivity index (χ4n) is 5.81. The third-order valence-electron chi connectivity index (χ3n) is 8.60. The number of ether oxygens (including phenoxy) is 3. The molecule has 310 valence electrons. The minimum atomic E-state index is -1.66. The molecule has 0 spiro atoms. The van der Waals surface area contributed by atoms with E-state index in [1.54, 1.807) is 45.6 Å². The molecule has 0 radical (unpaired) electrons. The lowest BCUT2D eigenvalue weighted by molar-refractivity contribution is -0.789. The molecule has 6 rings (SSSR count). The maximum absolute atomic E-state index is 14.3. The second-order valence-electron chi connectivity index (χ2n) is 12.5. The van der Waals surface area contributed by atoms with Crippen molar-refractivity contribution in [3.8, 4) is 27.7 Å². The van der Waals surface area contributed by atoms with E-state index in [-0.39, 0.29) is 23.5 Å². The third kappa shape index (κ3) is 12.4. The minimum Gasteiger partial charge on any atom is -0.497 e. The molecular formula is C41H33FN2O12S4. The highest BCUT2D eigenvalue weighted by Gasteiger charge is 2.27. The van der Waals surface area contributed by atoms with Crippen molar-refractivity contribution in [1.82, 2.24) is 0 Å². The lowest BCUT2D eigenvalue weighted by Crippen LogP contribution is -2.29. The molecule has 19 heteroatoms. The van der Waals surface area contributed by atoms with Gasteiger partial charge in [0, 0.05) is 9.77 Å². The zero-order valence-corrected chi connectivity index (χ0v) is 35.1. The van der Waals surface area contributed by atoms with Gasteiger partial charge in [-0.15, -0.1) is 32.0 Å². The monoisotopic (exact) mass is 892 g/mol. The van der Waals surface area contributed by atoms with Crippen LogP contribution < -0.4 is 14.2 Å². The van der Waals surface area contributed by atoms with Crippen molar-refractivity contribution in [2.75, 3.05) is 20.0 Å². The molecule has 5 aromatic rings. The van der Waals surface area contributed by atoms with Crippen LogP contribution in [0.25, 0.3) is 27.7 Å². The van der Waals surface area contributed by atoms with E-state index in [1.807, 2.05) is 73.9 Å². The van der Waals surface area contributed by atoms with Gasteiger partial charge in [0.05, 0.1) is 25.5 Å². The van der Waals surface area contributed by atoms with Crippen LogP contribution in [0, 0.1) is 29.9 Å². The minimum absolute atomic E-state index is 0.0544. The second kappa shape index (κ2) is 21.1. The maximum atomic E-state index is 14.3. The van der Waals surface area contributed by atoms with Crippen LogP contribution >= 0.6 is 44.7 Å². The SMILES string of the molecule is COc1ccc(-c2cc(=S)ss2)cc1.CSc1ccc(/C=C2/C(C)=C(CC(=O)Oc3ccc(OC(=O)CC(CO[N+](=O)[O-])O[N+](=O)[O-])c(C=O)c3)c3cc(F)ccc32)cc1. The number of hydrogen-bond acceptors (Lipinski definition) is 16. The Hall–Kier alpha value is -6.28. The summed E-state index contributed by atoms with van der Waals surface area (Å²) in [6.07, 6.45) is 1.57. The first-order valence-electron chi connectivity index (χ1n) is 17.5. The van der Waals surface area contributed by atoms with Crippen molar-refractivity contribution in [3.63, 3.8) is 0 Å². The van der Waals surface area contributed by atoms with Gasteiger partial charge in [-0.2, -0.15) is 0 Å². The van der Waals surface area contributed by atoms with Crippen molar-refractivity contribution in [2.45, 2.75) is 30.8 Å². The average molecular weight is 893 g/mol. The fourth-order valence-corrected chi connectivity index (χ4v) is 8.62. The summed E-state index contributed by atoms with van der Waals surface area (Å²) in [5, 5.41) is 18.6. The van der Waals surface area contributed by atoms with Crippen LogP contribution in [0.3, 0.4) is 0 Å². The highest BCUT2D eigenvalue weighted by Crippen LogP contribution is 2.44. The van der Waals surface area contributed by atoms with E-state index in [9.17, 15) is 39.0 Å². The molecule has 4 aromatic carbocycles. The largest absolute Gasteiger partial charge is 0.497 e. The van der Waals surface area contributed by atoms with Crippen molar-refractivity contribution < 1.29 is 52.8 Å². The number of esters is 2. The zero-order valence-electron chi connectivity index (χ0n) is 31.8. The molecule has 0 bridgehead atoms. The van der Waals surface area contributed by atoms with Crippen LogP contribution in [0.2, 0.25) is 0 Å². The number of thioether (sulfide) groups is 1. The first-order chi connectivity index (χ1) is 28.8. The van der Waals surface area contributed by atoms with E-state index >= 15 is 0 Å². The number of carbonyl (C=O) groups is 3. The van der Waals surface area contributed by atoms with Gasteiger partial charge < -0.3 is 23.9 Å². The Morgan fingerprint density at radius 2 is 1.60 bits per heavy atom. The lowest BCUT2D eigenvalue weighted by Gasteiger charge is -2.14. The van der Waals surface area contributed by atoms with Crippen LogP contribution in [0.4, 0.5) is 4.39 Å². The Bertz CT molecular complexity index is 2520. The number of fused-ring (bicyclic) bond motifs is 1. The fraction of sp³-hybridized carbons (Fsp3) is 0.171. The normalized spacial score (nSPS) is 12.7. The molecule has 0 aliphatic heterocycles.